The Kier molecular flexibility index (Phi) is 10.9. The number of ether oxygens (including phenoxy) is 1. The first-order valence-electron chi connectivity index (χ1n) is 16.4. The number of carbonyl (C=O) groups excluding carboxylic acids is 1. The third-order valence-electron chi connectivity index (χ3n) is 9.28. The molecule has 8 nitrogen and oxygen atoms in total. The van der Waals surface area contributed by atoms with Crippen LogP contribution in [0.25, 0.3) is 33.2 Å². The first kappa shape index (κ1) is 34.5. The summed E-state index contributed by atoms with van der Waals surface area (Å²) in [5.74, 6) is -0.396. The minimum Gasteiger partial charge on any atom is -0.496 e. The van der Waals surface area contributed by atoms with Crippen molar-refractivity contribution in [3.63, 3.8) is 0 Å². The molecule has 1 aromatic heterocycles. The molecule has 6 rings (SSSR count). The second kappa shape index (κ2) is 15.5. The first-order chi connectivity index (χ1) is 23.7. The van der Waals surface area contributed by atoms with Crippen LogP contribution in [0.5, 0.6) is 5.75 Å². The number of hydrogen-bond donors (Lipinski definition) is 4. The van der Waals surface area contributed by atoms with Gasteiger partial charge < -0.3 is 24.8 Å². The van der Waals surface area contributed by atoms with E-state index in [1.165, 1.54) is 5.56 Å². The van der Waals surface area contributed by atoms with Gasteiger partial charge in [0.05, 0.1) is 18.7 Å². The summed E-state index contributed by atoms with van der Waals surface area (Å²) >= 11 is 13.9. The summed E-state index contributed by atoms with van der Waals surface area (Å²) in [4.78, 5) is 22.8. The van der Waals surface area contributed by atoms with E-state index in [0.29, 0.717) is 40.4 Å². The average molecular weight is 701 g/mol. The van der Waals surface area contributed by atoms with Crippen LogP contribution >= 0.6 is 23.2 Å². The summed E-state index contributed by atoms with van der Waals surface area (Å²) in [6.45, 7) is 0.127. The van der Waals surface area contributed by atoms with Crippen LogP contribution in [0, 0.1) is 0 Å². The average Bonchev–Trinajstić information content (AvgIpc) is 3.72. The number of aromatic nitrogens is 1. The molecule has 1 aliphatic rings. The molecule has 0 aliphatic carbocycles. The molecule has 0 radical (unpaired) electrons. The highest BCUT2D eigenvalue weighted by Gasteiger charge is 2.21. The van der Waals surface area contributed by atoms with Crippen molar-refractivity contribution in [3.8, 4) is 28.0 Å². The van der Waals surface area contributed by atoms with E-state index in [4.69, 9.17) is 27.9 Å². The van der Waals surface area contributed by atoms with Crippen LogP contribution in [-0.2, 0) is 29.1 Å². The summed E-state index contributed by atoms with van der Waals surface area (Å²) in [5, 5.41) is 26.7. The van der Waals surface area contributed by atoms with Gasteiger partial charge in [0.25, 0.3) is 0 Å². The number of aryl methyl sites for hydroxylation is 1. The molecule has 1 aliphatic heterocycles. The number of aliphatic hydroxyl groups is 1. The summed E-state index contributed by atoms with van der Waals surface area (Å²) < 4.78 is 7.74. The van der Waals surface area contributed by atoms with Gasteiger partial charge in [0, 0.05) is 64.4 Å². The maximum atomic E-state index is 11.5. The molecule has 0 saturated carbocycles. The van der Waals surface area contributed by atoms with Gasteiger partial charge in [-0.25, -0.2) is 0 Å². The van der Waals surface area contributed by atoms with Crippen molar-refractivity contribution in [2.75, 3.05) is 13.7 Å². The number of fused-ring (bicyclic) bond motifs is 1. The van der Waals surface area contributed by atoms with E-state index in [2.05, 4.69) is 63.7 Å². The molecule has 1 fully saturated rings. The minimum atomic E-state index is -1.13. The predicted molar refractivity (Wildman–Crippen MR) is 194 cm³/mol. The van der Waals surface area contributed by atoms with Gasteiger partial charge in [0.1, 0.15) is 11.8 Å². The Morgan fingerprint density at radius 2 is 1.78 bits per heavy atom. The number of halogens is 2. The number of rotatable bonds is 14. The quantitative estimate of drug-likeness (QED) is 0.0957. The first-order valence-corrected chi connectivity index (χ1v) is 17.2. The van der Waals surface area contributed by atoms with Gasteiger partial charge in [0.2, 0.25) is 5.91 Å². The highest BCUT2D eigenvalue weighted by molar-refractivity contribution is 6.36. The maximum Gasteiger partial charge on any atom is 0.323 e. The van der Waals surface area contributed by atoms with E-state index >= 15 is 0 Å². The third kappa shape index (κ3) is 7.78. The van der Waals surface area contributed by atoms with Crippen LogP contribution in [0.15, 0.2) is 85.1 Å². The molecule has 49 heavy (non-hydrogen) atoms. The zero-order chi connectivity index (χ0) is 34.5. The Hall–Kier alpha value is -4.34. The number of carboxylic acid groups (broad SMARTS) is 1. The van der Waals surface area contributed by atoms with Gasteiger partial charge in [-0.1, -0.05) is 77.8 Å². The van der Waals surface area contributed by atoms with Crippen LogP contribution < -0.4 is 15.4 Å². The lowest BCUT2D eigenvalue weighted by molar-refractivity contribution is -0.140. The number of nitrogens with one attached hydrogen (secondary N) is 2. The summed E-state index contributed by atoms with van der Waals surface area (Å²) in [6, 6.07) is 25.9. The fraction of sp³-hybridized carbons (Fsp3) is 0.282. The Balaban J connectivity index is 1.20. The van der Waals surface area contributed by atoms with E-state index < -0.39 is 18.6 Å². The number of methoxy groups -OCH3 is 1. The third-order valence-corrected chi connectivity index (χ3v) is 10.0. The standard InChI is InChI=1S/C39H39Cl2N3O5/c1-49-36-20-27(33(40)19-26(36)21-42-34(23-45)39(47)48)22-44-18-17-31-30(8-4-10-35(31)44)32-9-3-7-29(38(32)41)25-13-11-24(12-14-25)5-2-6-28-15-16-37(46)43-28/h3-4,7-14,17-20,28,34,42,45H,2,5-6,15-16,21-23H2,1H3,(H,43,46)(H,47,48)/t28-,34+/m1/s1. The molecular weight excluding hydrogens is 661 g/mol. The van der Waals surface area contributed by atoms with Crippen molar-refractivity contribution in [1.29, 1.82) is 0 Å². The summed E-state index contributed by atoms with van der Waals surface area (Å²) in [7, 11) is 1.56. The number of aliphatic hydroxyl groups excluding tert-OH is 1. The van der Waals surface area contributed by atoms with Crippen LogP contribution in [0.4, 0.5) is 0 Å². The molecular formula is C39H39Cl2N3O5. The number of carboxylic acids is 1. The number of benzene rings is 4. The number of amides is 1. The van der Waals surface area contributed by atoms with Crippen molar-refractivity contribution in [1.82, 2.24) is 15.2 Å². The normalized spacial score (nSPS) is 15.0. The Morgan fingerprint density at radius 1 is 1.02 bits per heavy atom. The number of aliphatic carboxylic acids is 1. The SMILES string of the molecule is COc1cc(Cn2ccc3c(-c4cccc(-c5ccc(CCC[C@@H]6CCC(=O)N6)cc5)c4Cl)cccc32)c(Cl)cc1CN[C@@H](CO)C(=O)O. The molecule has 0 bridgehead atoms. The molecule has 0 spiro atoms. The lowest BCUT2D eigenvalue weighted by Gasteiger charge is -2.16. The van der Waals surface area contributed by atoms with Crippen LogP contribution in [-0.4, -0.2) is 52.5 Å². The minimum absolute atomic E-state index is 0.167. The van der Waals surface area contributed by atoms with Gasteiger partial charge in [-0.15, -0.1) is 0 Å². The van der Waals surface area contributed by atoms with Crippen molar-refractivity contribution in [2.24, 2.45) is 0 Å². The molecule has 1 amide bonds. The fourth-order valence-electron chi connectivity index (χ4n) is 6.59. The maximum absolute atomic E-state index is 11.5. The van der Waals surface area contributed by atoms with E-state index in [0.717, 1.165) is 64.4 Å². The molecule has 10 heteroatoms. The lowest BCUT2D eigenvalue weighted by Crippen LogP contribution is -2.39. The van der Waals surface area contributed by atoms with E-state index in [1.807, 2.05) is 30.5 Å². The number of hydrogen-bond acceptors (Lipinski definition) is 5. The molecule has 5 aromatic rings. The molecule has 2 heterocycles. The van der Waals surface area contributed by atoms with Gasteiger partial charge in [-0.2, -0.15) is 0 Å². The van der Waals surface area contributed by atoms with Crippen LogP contribution in [0.3, 0.4) is 0 Å². The molecule has 254 valence electrons. The van der Waals surface area contributed by atoms with Crippen molar-refractivity contribution < 1.29 is 24.5 Å². The van der Waals surface area contributed by atoms with E-state index in [-0.39, 0.29) is 12.5 Å². The zero-order valence-electron chi connectivity index (χ0n) is 27.2. The summed E-state index contributed by atoms with van der Waals surface area (Å²) in [6.07, 6.45) is 6.62. The van der Waals surface area contributed by atoms with Crippen molar-refractivity contribution >= 4 is 46.0 Å². The lowest BCUT2D eigenvalue weighted by atomic mass is 9.95. The van der Waals surface area contributed by atoms with Crippen LogP contribution in [0.1, 0.15) is 42.4 Å². The van der Waals surface area contributed by atoms with Gasteiger partial charge >= 0.3 is 5.97 Å². The van der Waals surface area contributed by atoms with Gasteiger partial charge in [-0.05, 0) is 72.2 Å². The smallest absolute Gasteiger partial charge is 0.323 e. The van der Waals surface area contributed by atoms with Crippen LogP contribution in [0.2, 0.25) is 10.0 Å². The van der Waals surface area contributed by atoms with Gasteiger partial charge in [-0.3, -0.25) is 14.9 Å². The largest absolute Gasteiger partial charge is 0.496 e. The second-order valence-electron chi connectivity index (χ2n) is 12.5. The molecule has 0 unspecified atom stereocenters. The topological polar surface area (TPSA) is 113 Å². The number of carbonyl (C=O) groups is 2. The molecule has 4 aromatic carbocycles. The van der Waals surface area contributed by atoms with E-state index in [1.54, 1.807) is 13.2 Å². The van der Waals surface area contributed by atoms with E-state index in [9.17, 15) is 19.8 Å². The monoisotopic (exact) mass is 699 g/mol. The zero-order valence-corrected chi connectivity index (χ0v) is 28.7. The van der Waals surface area contributed by atoms with Crippen molar-refractivity contribution in [2.45, 2.75) is 57.3 Å². The van der Waals surface area contributed by atoms with Gasteiger partial charge in [0.15, 0.2) is 0 Å². The predicted octanol–water partition coefficient (Wildman–Crippen LogP) is 7.48. The molecule has 2 atom stereocenters. The molecule has 4 N–H and O–H groups in total. The fourth-order valence-corrected chi connectivity index (χ4v) is 7.17. The Labute approximate surface area is 295 Å². The number of nitrogens with zero attached hydrogens (tertiary/aromatic N) is 1. The Morgan fingerprint density at radius 3 is 2.49 bits per heavy atom. The van der Waals surface area contributed by atoms with Crippen molar-refractivity contribution in [3.05, 3.63) is 112 Å². The Bertz CT molecular complexity index is 1970. The second-order valence-corrected chi connectivity index (χ2v) is 13.2. The summed E-state index contributed by atoms with van der Waals surface area (Å²) in [5.41, 5.74) is 7.83. The highest BCUT2D eigenvalue weighted by Crippen LogP contribution is 2.40. The molecule has 1 saturated heterocycles. The highest BCUT2D eigenvalue weighted by atomic mass is 35.5.